The van der Waals surface area contributed by atoms with Crippen molar-refractivity contribution in [3.63, 3.8) is 0 Å². The summed E-state index contributed by atoms with van der Waals surface area (Å²) in [6.45, 7) is 1.59. The van der Waals surface area contributed by atoms with Gasteiger partial charge >= 0.3 is 0 Å². The molecule has 9 heteroatoms. The summed E-state index contributed by atoms with van der Waals surface area (Å²) in [6, 6.07) is 1.32. The van der Waals surface area contributed by atoms with Gasteiger partial charge in [-0.05, 0) is 6.42 Å². The van der Waals surface area contributed by atoms with E-state index in [1.54, 1.807) is 5.51 Å². The van der Waals surface area contributed by atoms with Gasteiger partial charge in [0.1, 0.15) is 22.9 Å². The first-order valence-electron chi connectivity index (χ1n) is 8.09. The molecule has 0 bridgehead atoms. The smallest absolute Gasteiger partial charge is 0.257 e. The van der Waals surface area contributed by atoms with E-state index >= 15 is 0 Å². The van der Waals surface area contributed by atoms with Crippen LogP contribution in [0.5, 0.6) is 5.75 Å². The summed E-state index contributed by atoms with van der Waals surface area (Å²) >= 11 is 1.50. The number of hydrogen-bond acceptors (Lipinski definition) is 6. The van der Waals surface area contributed by atoms with Crippen molar-refractivity contribution in [1.29, 1.82) is 0 Å². The number of methoxy groups -OCH3 is 1. The number of amides is 1. The molecule has 2 heterocycles. The van der Waals surface area contributed by atoms with Crippen LogP contribution in [0.1, 0.15) is 22.5 Å². The van der Waals surface area contributed by atoms with Crippen LogP contribution in [0.15, 0.2) is 23.0 Å². The van der Waals surface area contributed by atoms with Crippen molar-refractivity contribution in [1.82, 2.24) is 15.2 Å². The van der Waals surface area contributed by atoms with Crippen LogP contribution in [0.25, 0.3) is 0 Å². The third-order valence-electron chi connectivity index (χ3n) is 4.33. The van der Waals surface area contributed by atoms with Gasteiger partial charge in [0.15, 0.2) is 0 Å². The third kappa shape index (κ3) is 4.17. The Hall–Kier alpha value is -2.10. The van der Waals surface area contributed by atoms with E-state index in [0.717, 1.165) is 17.8 Å². The molecule has 0 radical (unpaired) electrons. The molecule has 1 saturated heterocycles. The second-order valence-corrected chi connectivity index (χ2v) is 6.84. The number of aromatic nitrogens is 1. The Morgan fingerprint density at radius 3 is 2.77 bits per heavy atom. The van der Waals surface area contributed by atoms with Crippen LogP contribution in [-0.4, -0.2) is 53.2 Å². The molecule has 2 aromatic rings. The fraction of sp³-hybridized carbons (Fsp3) is 0.412. The van der Waals surface area contributed by atoms with E-state index in [4.69, 9.17) is 4.74 Å². The number of rotatable bonds is 5. The molecule has 0 aliphatic carbocycles. The Morgan fingerprint density at radius 1 is 1.46 bits per heavy atom. The molecule has 0 saturated carbocycles. The molecular weight excluding hydrogens is 364 g/mol. The maximum absolute atomic E-state index is 14.0. The lowest BCUT2D eigenvalue weighted by Crippen LogP contribution is -2.54. The van der Waals surface area contributed by atoms with Gasteiger partial charge in [-0.15, -0.1) is 11.3 Å². The topological polar surface area (TPSA) is 74.7 Å². The molecule has 1 aromatic heterocycles. The van der Waals surface area contributed by atoms with Gasteiger partial charge in [0.05, 0.1) is 30.5 Å². The van der Waals surface area contributed by atoms with Crippen LogP contribution in [0, 0.1) is 11.6 Å². The molecule has 2 atom stereocenters. The molecule has 6 nitrogen and oxygen atoms in total. The van der Waals surface area contributed by atoms with Crippen LogP contribution < -0.4 is 10.1 Å². The summed E-state index contributed by atoms with van der Waals surface area (Å²) in [6.07, 6.45) is -0.369. The van der Waals surface area contributed by atoms with Crippen molar-refractivity contribution >= 4 is 17.2 Å². The van der Waals surface area contributed by atoms with E-state index in [1.165, 1.54) is 18.4 Å². The zero-order valence-corrected chi connectivity index (χ0v) is 14.9. The molecule has 140 valence electrons. The van der Waals surface area contributed by atoms with Crippen LogP contribution in [0.4, 0.5) is 8.78 Å². The largest absolute Gasteiger partial charge is 0.497 e. The van der Waals surface area contributed by atoms with Gasteiger partial charge in [0.2, 0.25) is 0 Å². The first-order valence-corrected chi connectivity index (χ1v) is 9.03. The molecule has 0 unspecified atom stereocenters. The van der Waals surface area contributed by atoms with Crippen molar-refractivity contribution in [3.8, 4) is 5.75 Å². The molecule has 1 amide bonds. The summed E-state index contributed by atoms with van der Waals surface area (Å²) < 4.78 is 32.8. The molecule has 26 heavy (non-hydrogen) atoms. The number of aliphatic hydroxyl groups is 1. The second-order valence-electron chi connectivity index (χ2n) is 6.12. The number of thiazole rings is 1. The average molecular weight is 383 g/mol. The van der Waals surface area contributed by atoms with Crippen molar-refractivity contribution in [2.24, 2.45) is 0 Å². The SMILES string of the molecule is COc1cc(F)c(C(=O)N[C@@H]2CCN(Cc3cscn3)C[C@H]2O)c(F)c1. The maximum Gasteiger partial charge on any atom is 0.257 e. The number of nitrogens with one attached hydrogen (secondary N) is 1. The molecular formula is C17H19F2N3O3S. The quantitative estimate of drug-likeness (QED) is 0.824. The lowest BCUT2D eigenvalue weighted by Gasteiger charge is -2.36. The van der Waals surface area contributed by atoms with Crippen LogP contribution in [0.3, 0.4) is 0 Å². The van der Waals surface area contributed by atoms with E-state index in [1.807, 2.05) is 10.3 Å². The van der Waals surface area contributed by atoms with E-state index in [0.29, 0.717) is 26.1 Å². The lowest BCUT2D eigenvalue weighted by molar-refractivity contribution is 0.0344. The van der Waals surface area contributed by atoms with Crippen molar-refractivity contribution < 1.29 is 23.4 Å². The second kappa shape index (κ2) is 8.07. The monoisotopic (exact) mass is 383 g/mol. The van der Waals surface area contributed by atoms with Crippen LogP contribution in [0.2, 0.25) is 0 Å². The first kappa shape index (κ1) is 18.7. The van der Waals surface area contributed by atoms with Gasteiger partial charge in [-0.1, -0.05) is 0 Å². The number of nitrogens with zero attached hydrogens (tertiary/aromatic N) is 2. The predicted molar refractivity (Wildman–Crippen MR) is 92.2 cm³/mol. The number of hydrogen-bond donors (Lipinski definition) is 2. The molecule has 3 rings (SSSR count). The molecule has 1 aliphatic rings. The number of benzene rings is 1. The number of halogens is 2. The minimum atomic E-state index is -1.00. The first-order chi connectivity index (χ1) is 12.5. The highest BCUT2D eigenvalue weighted by atomic mass is 32.1. The van der Waals surface area contributed by atoms with Gasteiger partial charge in [-0.25, -0.2) is 13.8 Å². The summed E-state index contributed by atoms with van der Waals surface area (Å²) in [7, 11) is 1.28. The number of aliphatic hydroxyl groups excluding tert-OH is 1. The number of likely N-dealkylation sites (tertiary alicyclic amines) is 1. The highest BCUT2D eigenvalue weighted by Crippen LogP contribution is 2.21. The number of carbonyl (C=O) groups is 1. The minimum absolute atomic E-state index is 0.00747. The zero-order valence-electron chi connectivity index (χ0n) is 14.1. The lowest BCUT2D eigenvalue weighted by atomic mass is 10.0. The van der Waals surface area contributed by atoms with Crippen LogP contribution in [-0.2, 0) is 6.54 Å². The third-order valence-corrected chi connectivity index (χ3v) is 4.97. The summed E-state index contributed by atoms with van der Waals surface area (Å²) in [5.41, 5.74) is 1.99. The highest BCUT2D eigenvalue weighted by Gasteiger charge is 2.30. The zero-order chi connectivity index (χ0) is 18.7. The Kier molecular flexibility index (Phi) is 5.80. The maximum atomic E-state index is 14.0. The van der Waals surface area contributed by atoms with Gasteiger partial charge < -0.3 is 15.2 Å². The summed E-state index contributed by atoms with van der Waals surface area (Å²) in [4.78, 5) is 18.5. The van der Waals surface area contributed by atoms with E-state index in [-0.39, 0.29) is 5.75 Å². The normalized spacial score (nSPS) is 20.8. The van der Waals surface area contributed by atoms with Gasteiger partial charge in [0, 0.05) is 37.1 Å². The fourth-order valence-electron chi connectivity index (χ4n) is 2.98. The summed E-state index contributed by atoms with van der Waals surface area (Å²) in [5, 5.41) is 14.8. The number of carbonyl (C=O) groups excluding carboxylic acids is 1. The minimum Gasteiger partial charge on any atom is -0.497 e. The Balaban J connectivity index is 1.62. The molecule has 1 aromatic carbocycles. The van der Waals surface area contributed by atoms with Crippen molar-refractivity contribution in [2.45, 2.75) is 25.1 Å². The predicted octanol–water partition coefficient (Wildman–Crippen LogP) is 1.80. The van der Waals surface area contributed by atoms with Gasteiger partial charge in [-0.3, -0.25) is 9.69 Å². The average Bonchev–Trinajstić information content (AvgIpc) is 3.09. The number of ether oxygens (including phenoxy) is 1. The standard InChI is InChI=1S/C17H19F2N3O3S/c1-25-11-4-12(18)16(13(19)5-11)17(24)21-14-2-3-22(7-15(14)23)6-10-8-26-9-20-10/h4-5,8-9,14-15,23H,2-3,6-7H2,1H3,(H,21,24)/t14-,15-/m1/s1. The number of β-amino-alcohol motifs (C(OH)–C–C–N with tert-alkyl or cyclic N) is 1. The molecule has 2 N–H and O–H groups in total. The molecule has 1 fully saturated rings. The van der Waals surface area contributed by atoms with Gasteiger partial charge in [0.25, 0.3) is 5.91 Å². The van der Waals surface area contributed by atoms with E-state index in [9.17, 15) is 18.7 Å². The molecule has 0 spiro atoms. The summed E-state index contributed by atoms with van der Waals surface area (Å²) in [5.74, 6) is -2.91. The number of piperidine rings is 1. The Morgan fingerprint density at radius 2 is 2.19 bits per heavy atom. The van der Waals surface area contributed by atoms with Crippen molar-refractivity contribution in [2.75, 3.05) is 20.2 Å². The van der Waals surface area contributed by atoms with Crippen molar-refractivity contribution in [3.05, 3.63) is 45.9 Å². The van der Waals surface area contributed by atoms with Gasteiger partial charge in [-0.2, -0.15) is 0 Å². The molecule has 1 aliphatic heterocycles. The van der Waals surface area contributed by atoms with E-state index in [2.05, 4.69) is 10.3 Å². The highest BCUT2D eigenvalue weighted by molar-refractivity contribution is 7.07. The van der Waals surface area contributed by atoms with E-state index < -0.39 is 35.3 Å². The van der Waals surface area contributed by atoms with Crippen LogP contribution >= 0.6 is 11.3 Å². The Bertz CT molecular complexity index is 750. The fourth-order valence-corrected chi connectivity index (χ4v) is 3.53. The Labute approximate surface area is 153 Å².